The van der Waals surface area contributed by atoms with Gasteiger partial charge in [0, 0.05) is 0 Å². The highest BCUT2D eigenvalue weighted by atomic mass is 16.6. The first kappa shape index (κ1) is 9.79. The highest BCUT2D eigenvalue weighted by molar-refractivity contribution is 5.81. The molecular weight excluding hydrogens is 174 g/mol. The molecule has 74 valence electrons. The summed E-state index contributed by atoms with van der Waals surface area (Å²) < 4.78 is 4.61. The summed E-state index contributed by atoms with van der Waals surface area (Å²) in [6.45, 7) is 0.934. The standard InChI is InChI=1S/C7H13N3O3/c1-9(2)5-6(11)10-3-4-13-7(12)8-10/h3-5H2,1-2H3,(H,8,12). The van der Waals surface area contributed by atoms with Crippen LogP contribution in [0.15, 0.2) is 0 Å². The summed E-state index contributed by atoms with van der Waals surface area (Å²) in [4.78, 5) is 23.8. The second-order valence-electron chi connectivity index (χ2n) is 3.03. The van der Waals surface area contributed by atoms with Crippen LogP contribution in [0, 0.1) is 0 Å². The Morgan fingerprint density at radius 3 is 2.92 bits per heavy atom. The molecule has 0 aromatic carbocycles. The molecule has 6 heteroatoms. The van der Waals surface area contributed by atoms with Gasteiger partial charge in [0.15, 0.2) is 0 Å². The van der Waals surface area contributed by atoms with Crippen LogP contribution < -0.4 is 5.43 Å². The minimum atomic E-state index is -0.571. The summed E-state index contributed by atoms with van der Waals surface area (Å²) in [5, 5.41) is 1.27. The van der Waals surface area contributed by atoms with E-state index in [1.807, 2.05) is 0 Å². The Labute approximate surface area is 76.4 Å². The average molecular weight is 187 g/mol. The Morgan fingerprint density at radius 2 is 2.38 bits per heavy atom. The summed E-state index contributed by atoms with van der Waals surface area (Å²) >= 11 is 0. The van der Waals surface area contributed by atoms with Crippen LogP contribution in [0.25, 0.3) is 0 Å². The number of cyclic esters (lactones) is 1. The smallest absolute Gasteiger partial charge is 0.426 e. The summed E-state index contributed by atoms with van der Waals surface area (Å²) in [7, 11) is 3.58. The molecule has 0 saturated carbocycles. The topological polar surface area (TPSA) is 61.9 Å². The van der Waals surface area contributed by atoms with Crippen molar-refractivity contribution < 1.29 is 14.3 Å². The van der Waals surface area contributed by atoms with Crippen LogP contribution in [0.1, 0.15) is 0 Å². The van der Waals surface area contributed by atoms with E-state index in [-0.39, 0.29) is 19.1 Å². The van der Waals surface area contributed by atoms with Crippen LogP contribution >= 0.6 is 0 Å². The van der Waals surface area contributed by atoms with Crippen molar-refractivity contribution in [2.45, 2.75) is 0 Å². The van der Waals surface area contributed by atoms with Gasteiger partial charge in [0.05, 0.1) is 13.1 Å². The molecule has 0 radical (unpaired) electrons. The van der Waals surface area contributed by atoms with Gasteiger partial charge in [-0.2, -0.15) is 0 Å². The van der Waals surface area contributed by atoms with Gasteiger partial charge in [0.2, 0.25) is 0 Å². The highest BCUT2D eigenvalue weighted by Gasteiger charge is 2.21. The second kappa shape index (κ2) is 4.08. The zero-order valence-corrected chi connectivity index (χ0v) is 7.74. The van der Waals surface area contributed by atoms with Crippen molar-refractivity contribution in [2.75, 3.05) is 33.8 Å². The molecule has 6 nitrogen and oxygen atoms in total. The number of amides is 2. The molecule has 0 unspecified atom stereocenters. The van der Waals surface area contributed by atoms with Gasteiger partial charge >= 0.3 is 6.09 Å². The number of nitrogens with zero attached hydrogens (tertiary/aromatic N) is 2. The van der Waals surface area contributed by atoms with Crippen molar-refractivity contribution in [1.82, 2.24) is 15.3 Å². The molecule has 1 N–H and O–H groups in total. The predicted octanol–water partition coefficient (Wildman–Crippen LogP) is -0.969. The van der Waals surface area contributed by atoms with Crippen molar-refractivity contribution >= 4 is 12.0 Å². The van der Waals surface area contributed by atoms with Gasteiger partial charge in [-0.3, -0.25) is 4.79 Å². The van der Waals surface area contributed by atoms with Crippen molar-refractivity contribution in [1.29, 1.82) is 0 Å². The maximum atomic E-state index is 11.4. The van der Waals surface area contributed by atoms with Gasteiger partial charge in [-0.15, -0.1) is 0 Å². The number of rotatable bonds is 2. The quantitative estimate of drug-likeness (QED) is 0.604. The fourth-order valence-corrected chi connectivity index (χ4v) is 0.971. The lowest BCUT2D eigenvalue weighted by atomic mass is 10.5. The SMILES string of the molecule is CN(C)CC(=O)N1CCOC(=O)N1. The molecule has 1 saturated heterocycles. The molecule has 0 aromatic rings. The normalized spacial score (nSPS) is 16.8. The van der Waals surface area contributed by atoms with Gasteiger partial charge in [0.1, 0.15) is 6.61 Å². The first-order valence-corrected chi connectivity index (χ1v) is 3.98. The van der Waals surface area contributed by atoms with Crippen LogP contribution in [-0.2, 0) is 9.53 Å². The van der Waals surface area contributed by atoms with Crippen LogP contribution in [0.5, 0.6) is 0 Å². The first-order chi connectivity index (χ1) is 6.09. The van der Waals surface area contributed by atoms with Gasteiger partial charge in [-0.05, 0) is 14.1 Å². The maximum absolute atomic E-state index is 11.4. The molecule has 13 heavy (non-hydrogen) atoms. The van der Waals surface area contributed by atoms with Crippen LogP contribution in [0.2, 0.25) is 0 Å². The van der Waals surface area contributed by atoms with E-state index >= 15 is 0 Å². The van der Waals surface area contributed by atoms with Crippen LogP contribution in [-0.4, -0.2) is 55.7 Å². The van der Waals surface area contributed by atoms with E-state index in [9.17, 15) is 9.59 Å². The first-order valence-electron chi connectivity index (χ1n) is 3.98. The molecule has 0 bridgehead atoms. The van der Waals surface area contributed by atoms with E-state index in [0.717, 1.165) is 0 Å². The second-order valence-corrected chi connectivity index (χ2v) is 3.03. The molecule has 0 spiro atoms. The lowest BCUT2D eigenvalue weighted by Gasteiger charge is -2.27. The maximum Gasteiger partial charge on any atom is 0.426 e. The summed E-state index contributed by atoms with van der Waals surface area (Å²) in [5.74, 6) is -0.137. The largest absolute Gasteiger partial charge is 0.446 e. The average Bonchev–Trinajstić information content (AvgIpc) is 2.03. The Balaban J connectivity index is 2.41. The van der Waals surface area contributed by atoms with Gasteiger partial charge in [-0.1, -0.05) is 0 Å². The highest BCUT2D eigenvalue weighted by Crippen LogP contribution is 1.94. The van der Waals surface area contributed by atoms with Crippen molar-refractivity contribution in [3.05, 3.63) is 0 Å². The van der Waals surface area contributed by atoms with Crippen molar-refractivity contribution in [3.8, 4) is 0 Å². The molecule has 0 atom stereocenters. The lowest BCUT2D eigenvalue weighted by molar-refractivity contribution is -0.137. The molecule has 1 aliphatic rings. The molecule has 1 fully saturated rings. The molecule has 1 rings (SSSR count). The third kappa shape index (κ3) is 2.90. The number of carbonyl (C=O) groups excluding carboxylic acids is 2. The third-order valence-electron chi connectivity index (χ3n) is 1.53. The molecule has 0 aromatic heterocycles. The number of hydrogen-bond acceptors (Lipinski definition) is 4. The fourth-order valence-electron chi connectivity index (χ4n) is 0.971. The Kier molecular flexibility index (Phi) is 3.07. The number of likely N-dealkylation sites (N-methyl/N-ethyl adjacent to an activating group) is 1. The Bertz CT molecular complexity index is 217. The van der Waals surface area contributed by atoms with Gasteiger partial charge in [-0.25, -0.2) is 15.2 Å². The Hall–Kier alpha value is -1.30. The fraction of sp³-hybridized carbons (Fsp3) is 0.714. The van der Waals surface area contributed by atoms with E-state index < -0.39 is 6.09 Å². The molecule has 1 heterocycles. The van der Waals surface area contributed by atoms with E-state index in [4.69, 9.17) is 0 Å². The number of hydrogen-bond donors (Lipinski definition) is 1. The van der Waals surface area contributed by atoms with Gasteiger partial charge < -0.3 is 9.64 Å². The summed E-state index contributed by atoms with van der Waals surface area (Å²) in [6.07, 6.45) is -0.571. The third-order valence-corrected chi connectivity index (χ3v) is 1.53. The van der Waals surface area contributed by atoms with E-state index in [1.165, 1.54) is 5.01 Å². The van der Waals surface area contributed by atoms with Crippen molar-refractivity contribution in [2.24, 2.45) is 0 Å². The summed E-state index contributed by atoms with van der Waals surface area (Å²) in [6, 6.07) is 0. The minimum Gasteiger partial charge on any atom is -0.446 e. The predicted molar refractivity (Wildman–Crippen MR) is 44.8 cm³/mol. The molecular formula is C7H13N3O3. The van der Waals surface area contributed by atoms with Gasteiger partial charge in [0.25, 0.3) is 5.91 Å². The molecule has 1 aliphatic heterocycles. The zero-order valence-electron chi connectivity index (χ0n) is 7.74. The van der Waals surface area contributed by atoms with E-state index in [2.05, 4.69) is 10.2 Å². The zero-order chi connectivity index (χ0) is 9.84. The Morgan fingerprint density at radius 1 is 1.69 bits per heavy atom. The molecule has 2 amide bonds. The number of carbonyl (C=O) groups is 2. The van der Waals surface area contributed by atoms with Crippen LogP contribution in [0.3, 0.4) is 0 Å². The lowest BCUT2D eigenvalue weighted by Crippen LogP contribution is -2.54. The monoisotopic (exact) mass is 187 g/mol. The van der Waals surface area contributed by atoms with E-state index in [0.29, 0.717) is 6.54 Å². The number of hydrazine groups is 1. The van der Waals surface area contributed by atoms with E-state index in [1.54, 1.807) is 19.0 Å². The molecule has 0 aliphatic carbocycles. The number of nitrogens with one attached hydrogen (secondary N) is 1. The summed E-state index contributed by atoms with van der Waals surface area (Å²) in [5.41, 5.74) is 2.32. The number of ether oxygens (including phenoxy) is 1. The van der Waals surface area contributed by atoms with Crippen LogP contribution in [0.4, 0.5) is 4.79 Å². The van der Waals surface area contributed by atoms with Crippen molar-refractivity contribution in [3.63, 3.8) is 0 Å². The minimum absolute atomic E-state index is 0.137.